The first-order valence-electron chi connectivity index (χ1n) is 7.39. The van der Waals surface area contributed by atoms with E-state index in [0.717, 1.165) is 33.8 Å². The van der Waals surface area contributed by atoms with E-state index in [0.29, 0.717) is 5.69 Å². The summed E-state index contributed by atoms with van der Waals surface area (Å²) in [6, 6.07) is 21.7. The Hall–Kier alpha value is -3.20. The minimum Gasteiger partial charge on any atom is -0.464 e. The Morgan fingerprint density at radius 1 is 0.565 bits per heavy atom. The zero-order chi connectivity index (χ0) is 15.6. The molecule has 0 fully saturated rings. The predicted octanol–water partition coefficient (Wildman–Crippen LogP) is 5.46. The number of furan rings is 2. The lowest BCUT2D eigenvalue weighted by atomic mass is 9.93. The fraction of sp³-hybridized carbons (Fsp3) is 0. The summed E-state index contributed by atoms with van der Waals surface area (Å²) in [7, 11) is 0. The minimum absolute atomic E-state index is 0.704. The molecule has 23 heavy (non-hydrogen) atoms. The van der Waals surface area contributed by atoms with E-state index in [-0.39, 0.29) is 0 Å². The van der Waals surface area contributed by atoms with Crippen molar-refractivity contribution >= 4 is 5.69 Å². The van der Waals surface area contributed by atoms with Gasteiger partial charge in [0.15, 0.2) is 0 Å². The van der Waals surface area contributed by atoms with Crippen molar-refractivity contribution in [1.82, 2.24) is 0 Å². The van der Waals surface area contributed by atoms with Crippen molar-refractivity contribution in [3.8, 4) is 33.8 Å². The van der Waals surface area contributed by atoms with E-state index in [1.54, 1.807) is 12.5 Å². The van der Waals surface area contributed by atoms with Crippen LogP contribution in [0.25, 0.3) is 33.8 Å². The summed E-state index contributed by atoms with van der Waals surface area (Å²) in [6.45, 7) is 0. The number of hydrogen-bond acceptors (Lipinski definition) is 3. The van der Waals surface area contributed by atoms with Crippen LogP contribution in [0.4, 0.5) is 5.69 Å². The molecule has 2 aromatic carbocycles. The van der Waals surface area contributed by atoms with Crippen LogP contribution >= 0.6 is 0 Å². The first kappa shape index (κ1) is 13.5. The molecule has 0 spiro atoms. The molecule has 0 saturated carbocycles. The molecule has 3 heteroatoms. The van der Waals surface area contributed by atoms with Gasteiger partial charge in [0.1, 0.15) is 11.5 Å². The first-order valence-corrected chi connectivity index (χ1v) is 7.39. The SMILES string of the molecule is Nc1ccc(-c2ccccc2-c2ccco2)c(-c2ccco2)c1. The van der Waals surface area contributed by atoms with Crippen molar-refractivity contribution in [2.75, 3.05) is 5.73 Å². The van der Waals surface area contributed by atoms with Gasteiger partial charge >= 0.3 is 0 Å². The van der Waals surface area contributed by atoms with E-state index < -0.39 is 0 Å². The number of benzene rings is 2. The molecular weight excluding hydrogens is 286 g/mol. The zero-order valence-electron chi connectivity index (χ0n) is 12.4. The molecule has 0 amide bonds. The van der Waals surface area contributed by atoms with Crippen molar-refractivity contribution in [2.45, 2.75) is 0 Å². The third kappa shape index (κ3) is 2.42. The molecule has 0 aliphatic carbocycles. The Balaban J connectivity index is 1.96. The lowest BCUT2D eigenvalue weighted by Crippen LogP contribution is -1.91. The molecule has 4 aromatic rings. The number of anilines is 1. The van der Waals surface area contributed by atoms with Gasteiger partial charge in [0.05, 0.1) is 12.5 Å². The summed E-state index contributed by atoms with van der Waals surface area (Å²) in [5, 5.41) is 0. The summed E-state index contributed by atoms with van der Waals surface area (Å²) >= 11 is 0. The van der Waals surface area contributed by atoms with E-state index in [1.165, 1.54) is 0 Å². The van der Waals surface area contributed by atoms with Gasteiger partial charge in [0.25, 0.3) is 0 Å². The fourth-order valence-corrected chi connectivity index (χ4v) is 2.80. The van der Waals surface area contributed by atoms with E-state index >= 15 is 0 Å². The summed E-state index contributed by atoms with van der Waals surface area (Å²) in [5.74, 6) is 1.63. The van der Waals surface area contributed by atoms with E-state index in [4.69, 9.17) is 14.6 Å². The van der Waals surface area contributed by atoms with Crippen LogP contribution in [-0.2, 0) is 0 Å². The van der Waals surface area contributed by atoms with Crippen molar-refractivity contribution in [3.05, 3.63) is 79.3 Å². The maximum atomic E-state index is 5.98. The van der Waals surface area contributed by atoms with Crippen LogP contribution in [0, 0.1) is 0 Å². The van der Waals surface area contributed by atoms with Gasteiger partial charge in [-0.3, -0.25) is 0 Å². The average Bonchev–Trinajstić information content (AvgIpc) is 3.29. The smallest absolute Gasteiger partial charge is 0.134 e. The molecule has 0 radical (unpaired) electrons. The third-order valence-corrected chi connectivity index (χ3v) is 3.83. The van der Waals surface area contributed by atoms with Crippen LogP contribution < -0.4 is 5.73 Å². The van der Waals surface area contributed by atoms with Crippen molar-refractivity contribution in [3.63, 3.8) is 0 Å². The number of hydrogen-bond donors (Lipinski definition) is 1. The summed E-state index contributed by atoms with van der Waals surface area (Å²) in [5.41, 5.74) is 10.8. The van der Waals surface area contributed by atoms with Gasteiger partial charge in [-0.25, -0.2) is 0 Å². The largest absolute Gasteiger partial charge is 0.464 e. The monoisotopic (exact) mass is 301 g/mol. The Kier molecular flexibility index (Phi) is 3.24. The molecule has 0 saturated heterocycles. The molecule has 0 aliphatic rings. The lowest BCUT2D eigenvalue weighted by molar-refractivity contribution is 0.581. The molecule has 4 rings (SSSR count). The van der Waals surface area contributed by atoms with Crippen LogP contribution in [0.3, 0.4) is 0 Å². The van der Waals surface area contributed by atoms with Gasteiger partial charge in [0.2, 0.25) is 0 Å². The third-order valence-electron chi connectivity index (χ3n) is 3.83. The fourth-order valence-electron chi connectivity index (χ4n) is 2.80. The van der Waals surface area contributed by atoms with Crippen LogP contribution in [0.15, 0.2) is 88.1 Å². The molecule has 0 unspecified atom stereocenters. The molecular formula is C20H15NO2. The highest BCUT2D eigenvalue weighted by molar-refractivity contribution is 5.90. The second kappa shape index (κ2) is 5.54. The predicted molar refractivity (Wildman–Crippen MR) is 91.7 cm³/mol. The van der Waals surface area contributed by atoms with E-state index in [1.807, 2.05) is 54.6 Å². The lowest BCUT2D eigenvalue weighted by Gasteiger charge is -2.12. The van der Waals surface area contributed by atoms with Crippen LogP contribution in [0.2, 0.25) is 0 Å². The maximum Gasteiger partial charge on any atom is 0.134 e. The number of nitrogen functional groups attached to an aromatic ring is 1. The second-order valence-electron chi connectivity index (χ2n) is 5.31. The molecule has 2 heterocycles. The highest BCUT2D eigenvalue weighted by Crippen LogP contribution is 2.39. The van der Waals surface area contributed by atoms with Gasteiger partial charge < -0.3 is 14.6 Å². The summed E-state index contributed by atoms with van der Waals surface area (Å²) in [4.78, 5) is 0. The Bertz CT molecular complexity index is 922. The molecule has 112 valence electrons. The van der Waals surface area contributed by atoms with Crippen molar-refractivity contribution in [1.29, 1.82) is 0 Å². The first-order chi connectivity index (χ1) is 11.3. The standard InChI is InChI=1S/C20H15NO2/c21-14-9-10-16(18(13-14)20-8-4-12-23-20)15-5-1-2-6-17(15)19-7-3-11-22-19/h1-13H,21H2. The molecule has 3 nitrogen and oxygen atoms in total. The normalized spacial score (nSPS) is 10.8. The molecule has 0 bridgehead atoms. The van der Waals surface area contributed by atoms with Crippen LogP contribution in [0.5, 0.6) is 0 Å². The van der Waals surface area contributed by atoms with Gasteiger partial charge in [-0.05, 0) is 47.5 Å². The Morgan fingerprint density at radius 3 is 1.83 bits per heavy atom. The quantitative estimate of drug-likeness (QED) is 0.511. The highest BCUT2D eigenvalue weighted by atomic mass is 16.3. The molecule has 2 aromatic heterocycles. The zero-order valence-corrected chi connectivity index (χ0v) is 12.4. The Morgan fingerprint density at radius 2 is 1.17 bits per heavy atom. The van der Waals surface area contributed by atoms with Crippen LogP contribution in [0.1, 0.15) is 0 Å². The van der Waals surface area contributed by atoms with Gasteiger partial charge in [-0.15, -0.1) is 0 Å². The van der Waals surface area contributed by atoms with Crippen molar-refractivity contribution < 1.29 is 8.83 Å². The Labute approximate surface area is 134 Å². The van der Waals surface area contributed by atoms with Gasteiger partial charge in [-0.1, -0.05) is 30.3 Å². The summed E-state index contributed by atoms with van der Waals surface area (Å²) < 4.78 is 11.2. The van der Waals surface area contributed by atoms with E-state index in [2.05, 4.69) is 12.1 Å². The topological polar surface area (TPSA) is 52.3 Å². The van der Waals surface area contributed by atoms with E-state index in [9.17, 15) is 0 Å². The van der Waals surface area contributed by atoms with Gasteiger partial charge in [0, 0.05) is 16.8 Å². The molecule has 0 aliphatic heterocycles. The average molecular weight is 301 g/mol. The maximum absolute atomic E-state index is 5.98. The summed E-state index contributed by atoms with van der Waals surface area (Å²) in [6.07, 6.45) is 3.35. The molecule has 0 atom stereocenters. The van der Waals surface area contributed by atoms with Crippen LogP contribution in [-0.4, -0.2) is 0 Å². The number of rotatable bonds is 3. The highest BCUT2D eigenvalue weighted by Gasteiger charge is 2.15. The van der Waals surface area contributed by atoms with Crippen molar-refractivity contribution in [2.24, 2.45) is 0 Å². The second-order valence-corrected chi connectivity index (χ2v) is 5.31. The van der Waals surface area contributed by atoms with Gasteiger partial charge in [-0.2, -0.15) is 0 Å². The number of nitrogens with two attached hydrogens (primary N) is 1. The molecule has 2 N–H and O–H groups in total. The minimum atomic E-state index is 0.704.